The van der Waals surface area contributed by atoms with Crippen LogP contribution in [0, 0.1) is 0 Å². The zero-order valence-electron chi connectivity index (χ0n) is 6.91. The maximum Gasteiger partial charge on any atom is 0.0611 e. The second kappa shape index (κ2) is 4.51. The van der Waals surface area contributed by atoms with Gasteiger partial charge in [0.15, 0.2) is 0 Å². The largest absolute Gasteiger partial charge is 0.0861 e. The lowest BCUT2D eigenvalue weighted by atomic mass is 10.1. The lowest BCUT2D eigenvalue weighted by Gasteiger charge is -2.07. The Balaban J connectivity index is 3.08. The van der Waals surface area contributed by atoms with E-state index in [1.165, 1.54) is 0 Å². The number of benzene rings is 1. The Labute approximate surface area is 89.5 Å². The average Bonchev–Trinajstić information content (AvgIpc) is 2.04. The van der Waals surface area contributed by atoms with Gasteiger partial charge in [0.05, 0.1) is 6.04 Å². The van der Waals surface area contributed by atoms with Gasteiger partial charge in [0.25, 0.3) is 0 Å². The van der Waals surface area contributed by atoms with Crippen molar-refractivity contribution in [2.45, 2.75) is 13.0 Å². The first kappa shape index (κ1) is 10.4. The molecule has 0 amide bonds. The van der Waals surface area contributed by atoms with Gasteiger partial charge in [-0.2, -0.15) is 0 Å². The molecule has 0 bridgehead atoms. The quantitative estimate of drug-likeness (QED) is 0.428. The topological polar surface area (TPSA) is 48.8 Å². The fourth-order valence-electron chi connectivity index (χ4n) is 0.980. The first-order valence-electron chi connectivity index (χ1n) is 3.64. The molecule has 1 atom stereocenters. The van der Waals surface area contributed by atoms with Crippen molar-refractivity contribution in [1.29, 1.82) is 0 Å². The van der Waals surface area contributed by atoms with Crippen LogP contribution in [0.3, 0.4) is 0 Å². The van der Waals surface area contributed by atoms with Gasteiger partial charge in [0, 0.05) is 14.4 Å². The van der Waals surface area contributed by atoms with Crippen LogP contribution in [0.2, 0.25) is 5.02 Å². The maximum absolute atomic E-state index is 8.25. The summed E-state index contributed by atoms with van der Waals surface area (Å²) in [7, 11) is 0. The van der Waals surface area contributed by atoms with Crippen LogP contribution in [0.15, 0.2) is 27.8 Å². The predicted molar refractivity (Wildman–Crippen MR) is 56.7 cm³/mol. The molecule has 0 aliphatic rings. The summed E-state index contributed by atoms with van der Waals surface area (Å²) in [5.41, 5.74) is 9.09. The van der Waals surface area contributed by atoms with Crippen molar-refractivity contribution in [1.82, 2.24) is 0 Å². The van der Waals surface area contributed by atoms with Crippen molar-refractivity contribution >= 4 is 27.5 Å². The fourth-order valence-corrected chi connectivity index (χ4v) is 1.81. The molecule has 5 heteroatoms. The lowest BCUT2D eigenvalue weighted by Crippen LogP contribution is -1.89. The van der Waals surface area contributed by atoms with Crippen LogP contribution in [0.25, 0.3) is 10.4 Å². The van der Waals surface area contributed by atoms with E-state index in [-0.39, 0.29) is 6.04 Å². The first-order chi connectivity index (χ1) is 6.15. The van der Waals surface area contributed by atoms with Gasteiger partial charge in [-0.05, 0) is 23.2 Å². The molecule has 1 rings (SSSR count). The lowest BCUT2D eigenvalue weighted by molar-refractivity contribution is 0.808. The van der Waals surface area contributed by atoms with E-state index in [1.54, 1.807) is 13.0 Å². The second-order valence-corrected chi connectivity index (χ2v) is 3.87. The predicted octanol–water partition coefficient (Wildman–Crippen LogP) is 4.47. The molecule has 0 radical (unpaired) electrons. The van der Waals surface area contributed by atoms with Crippen LogP contribution in [0.5, 0.6) is 0 Å². The van der Waals surface area contributed by atoms with Crippen molar-refractivity contribution < 1.29 is 0 Å². The Morgan fingerprint density at radius 2 is 2.31 bits per heavy atom. The van der Waals surface area contributed by atoms with Crippen LogP contribution in [-0.2, 0) is 0 Å². The van der Waals surface area contributed by atoms with Crippen molar-refractivity contribution in [2.24, 2.45) is 5.11 Å². The van der Waals surface area contributed by atoms with E-state index in [4.69, 9.17) is 17.1 Å². The molecule has 0 heterocycles. The third-order valence-electron chi connectivity index (χ3n) is 1.64. The third-order valence-corrected chi connectivity index (χ3v) is 2.46. The Kier molecular flexibility index (Phi) is 3.60. The minimum atomic E-state index is -0.231. The third kappa shape index (κ3) is 2.62. The summed E-state index contributed by atoms with van der Waals surface area (Å²) >= 11 is 9.24. The summed E-state index contributed by atoms with van der Waals surface area (Å²) < 4.78 is 0.911. The van der Waals surface area contributed by atoms with Gasteiger partial charge in [-0.25, -0.2) is 0 Å². The van der Waals surface area contributed by atoms with Gasteiger partial charge in [-0.3, -0.25) is 0 Å². The minimum Gasteiger partial charge on any atom is -0.0861 e. The Bertz CT molecular complexity index is 360. The maximum atomic E-state index is 8.25. The zero-order chi connectivity index (χ0) is 9.84. The number of azide groups is 1. The molecular formula is C8H7BrClN3. The summed E-state index contributed by atoms with van der Waals surface area (Å²) in [6.45, 7) is 1.80. The molecule has 13 heavy (non-hydrogen) atoms. The molecule has 1 aromatic rings. The molecule has 0 spiro atoms. The normalized spacial score (nSPS) is 11.9. The minimum absolute atomic E-state index is 0.231. The Morgan fingerprint density at radius 3 is 2.85 bits per heavy atom. The summed E-state index contributed by atoms with van der Waals surface area (Å²) in [6, 6.07) is 5.25. The monoisotopic (exact) mass is 259 g/mol. The highest BCUT2D eigenvalue weighted by Crippen LogP contribution is 2.28. The van der Waals surface area contributed by atoms with E-state index in [2.05, 4.69) is 26.0 Å². The van der Waals surface area contributed by atoms with E-state index < -0.39 is 0 Å². The Morgan fingerprint density at radius 1 is 1.62 bits per heavy atom. The van der Waals surface area contributed by atoms with Crippen molar-refractivity contribution in [3.63, 3.8) is 0 Å². The van der Waals surface area contributed by atoms with Crippen LogP contribution < -0.4 is 0 Å². The van der Waals surface area contributed by atoms with Crippen LogP contribution >= 0.6 is 27.5 Å². The van der Waals surface area contributed by atoms with E-state index in [9.17, 15) is 0 Å². The fraction of sp³-hybridized carbons (Fsp3) is 0.250. The Hall–Kier alpha value is -0.700. The molecule has 0 aliphatic heterocycles. The molecule has 1 aromatic carbocycles. The molecule has 0 N–H and O–H groups in total. The van der Waals surface area contributed by atoms with Gasteiger partial charge in [0.2, 0.25) is 0 Å². The van der Waals surface area contributed by atoms with Crippen molar-refractivity contribution in [3.8, 4) is 0 Å². The molecule has 0 aromatic heterocycles. The summed E-state index contributed by atoms with van der Waals surface area (Å²) in [4.78, 5) is 2.73. The van der Waals surface area contributed by atoms with E-state index in [1.807, 2.05) is 12.1 Å². The molecular weight excluding hydrogens is 253 g/mol. The number of rotatable bonds is 2. The highest BCUT2D eigenvalue weighted by atomic mass is 79.9. The van der Waals surface area contributed by atoms with Gasteiger partial charge in [0.1, 0.15) is 0 Å². The van der Waals surface area contributed by atoms with Gasteiger partial charge < -0.3 is 0 Å². The number of halogens is 2. The zero-order valence-corrected chi connectivity index (χ0v) is 9.25. The highest BCUT2D eigenvalue weighted by Gasteiger charge is 2.07. The molecule has 0 saturated heterocycles. The van der Waals surface area contributed by atoms with Gasteiger partial charge in [-0.15, -0.1) is 0 Å². The van der Waals surface area contributed by atoms with Gasteiger partial charge in [-0.1, -0.05) is 45.6 Å². The van der Waals surface area contributed by atoms with E-state index in [0.717, 1.165) is 10.0 Å². The second-order valence-electron chi connectivity index (χ2n) is 2.55. The number of nitrogens with zero attached hydrogens (tertiary/aromatic N) is 3. The SMILES string of the molecule is C[C@@H](N=[N+]=[N-])c1ccc(Br)cc1Cl. The average molecular weight is 261 g/mol. The van der Waals surface area contributed by atoms with Crippen molar-refractivity contribution in [3.05, 3.63) is 43.7 Å². The molecule has 3 nitrogen and oxygen atoms in total. The van der Waals surface area contributed by atoms with E-state index in [0.29, 0.717) is 5.02 Å². The number of hydrogen-bond acceptors (Lipinski definition) is 1. The van der Waals surface area contributed by atoms with Gasteiger partial charge >= 0.3 is 0 Å². The molecule has 0 aliphatic carbocycles. The van der Waals surface area contributed by atoms with Crippen LogP contribution in [0.1, 0.15) is 18.5 Å². The highest BCUT2D eigenvalue weighted by molar-refractivity contribution is 9.10. The molecule has 0 fully saturated rings. The van der Waals surface area contributed by atoms with Crippen LogP contribution in [0.4, 0.5) is 0 Å². The molecule has 68 valence electrons. The number of hydrogen-bond donors (Lipinski definition) is 0. The summed E-state index contributed by atoms with van der Waals surface area (Å²) in [5.74, 6) is 0. The smallest absolute Gasteiger partial charge is 0.0611 e. The van der Waals surface area contributed by atoms with Crippen LogP contribution in [-0.4, -0.2) is 0 Å². The molecule has 0 saturated carbocycles. The standard InChI is InChI=1S/C8H7BrClN3/c1-5(12-13-11)7-3-2-6(9)4-8(7)10/h2-5H,1H3/t5-/m1/s1. The molecule has 0 unspecified atom stereocenters. The van der Waals surface area contributed by atoms with Crippen molar-refractivity contribution in [2.75, 3.05) is 0 Å². The van der Waals surface area contributed by atoms with E-state index >= 15 is 0 Å². The first-order valence-corrected chi connectivity index (χ1v) is 4.81. The summed E-state index contributed by atoms with van der Waals surface area (Å²) in [6.07, 6.45) is 0. The summed E-state index contributed by atoms with van der Waals surface area (Å²) in [5, 5.41) is 4.17.